The number of benzene rings is 1. The van der Waals surface area contributed by atoms with Crippen molar-refractivity contribution in [2.24, 2.45) is 11.7 Å². The van der Waals surface area contributed by atoms with Crippen LogP contribution in [0.4, 0.5) is 0 Å². The maximum atomic E-state index is 5.70. The summed E-state index contributed by atoms with van der Waals surface area (Å²) in [4.78, 5) is 2.52. The van der Waals surface area contributed by atoms with Crippen LogP contribution in [0.1, 0.15) is 18.4 Å². The Morgan fingerprint density at radius 3 is 2.47 bits per heavy atom. The van der Waals surface area contributed by atoms with Gasteiger partial charge in [-0.05, 0) is 50.0 Å². The summed E-state index contributed by atoms with van der Waals surface area (Å²) >= 11 is 3.60. The van der Waals surface area contributed by atoms with E-state index in [-0.39, 0.29) is 12.4 Å². The molecule has 17 heavy (non-hydrogen) atoms. The summed E-state index contributed by atoms with van der Waals surface area (Å²) in [7, 11) is 0. The summed E-state index contributed by atoms with van der Waals surface area (Å²) in [5.41, 5.74) is 7.08. The lowest BCUT2D eigenvalue weighted by atomic mass is 9.97. The Balaban J connectivity index is 0.00000144. The molecule has 0 aliphatic carbocycles. The molecule has 2 N–H and O–H groups in total. The molecule has 2 rings (SSSR count). The van der Waals surface area contributed by atoms with Crippen molar-refractivity contribution in [1.82, 2.24) is 4.90 Å². The fourth-order valence-electron chi connectivity index (χ4n) is 2.25. The molecule has 0 spiro atoms. The van der Waals surface area contributed by atoms with Gasteiger partial charge in [0.1, 0.15) is 0 Å². The van der Waals surface area contributed by atoms with E-state index >= 15 is 0 Å². The van der Waals surface area contributed by atoms with E-state index in [4.69, 9.17) is 5.73 Å². The highest BCUT2D eigenvalue weighted by atomic mass is 79.9. The lowest BCUT2D eigenvalue weighted by Crippen LogP contribution is -2.35. The third-order valence-corrected chi connectivity index (χ3v) is 4.17. The molecule has 1 saturated heterocycles. The van der Waals surface area contributed by atoms with Crippen molar-refractivity contribution in [3.05, 3.63) is 34.3 Å². The van der Waals surface area contributed by atoms with Gasteiger partial charge in [-0.15, -0.1) is 12.4 Å². The molecule has 1 aliphatic rings. The number of nitrogens with zero attached hydrogens (tertiary/aromatic N) is 1. The molecule has 0 bridgehead atoms. The van der Waals surface area contributed by atoms with E-state index < -0.39 is 0 Å². The molecule has 0 aromatic heterocycles. The molecule has 0 atom stereocenters. The zero-order valence-electron chi connectivity index (χ0n) is 9.94. The second-order valence-electron chi connectivity index (χ2n) is 4.55. The summed E-state index contributed by atoms with van der Waals surface area (Å²) in [5.74, 6) is 0.746. The van der Waals surface area contributed by atoms with Gasteiger partial charge < -0.3 is 5.73 Å². The van der Waals surface area contributed by atoms with Crippen LogP contribution in [-0.4, -0.2) is 24.5 Å². The molecular weight excluding hydrogens is 300 g/mol. The van der Waals surface area contributed by atoms with Gasteiger partial charge in [0.25, 0.3) is 0 Å². The third-order valence-electron chi connectivity index (χ3n) is 3.39. The van der Waals surface area contributed by atoms with Gasteiger partial charge in [0, 0.05) is 11.0 Å². The predicted molar refractivity (Wildman–Crippen MR) is 78.4 cm³/mol. The van der Waals surface area contributed by atoms with Gasteiger partial charge in [-0.25, -0.2) is 0 Å². The standard InChI is InChI=1S/C13H19BrN2.ClH/c14-13-4-2-1-3-12(13)10-16-7-5-11(9-15)6-8-16;/h1-4,11H,5-10,15H2;1H. The summed E-state index contributed by atoms with van der Waals surface area (Å²) in [6.07, 6.45) is 2.50. The van der Waals surface area contributed by atoms with Crippen molar-refractivity contribution in [3.8, 4) is 0 Å². The van der Waals surface area contributed by atoms with E-state index in [2.05, 4.69) is 45.1 Å². The zero-order valence-corrected chi connectivity index (χ0v) is 12.3. The van der Waals surface area contributed by atoms with Crippen LogP contribution in [0, 0.1) is 5.92 Å². The van der Waals surface area contributed by atoms with Gasteiger partial charge in [-0.2, -0.15) is 0 Å². The molecule has 1 aliphatic heterocycles. The average Bonchev–Trinajstić information content (AvgIpc) is 2.33. The van der Waals surface area contributed by atoms with Crippen LogP contribution in [-0.2, 0) is 6.54 Å². The van der Waals surface area contributed by atoms with Gasteiger partial charge in [0.2, 0.25) is 0 Å². The van der Waals surface area contributed by atoms with Crippen LogP contribution in [0.5, 0.6) is 0 Å². The van der Waals surface area contributed by atoms with Crippen molar-refractivity contribution in [2.45, 2.75) is 19.4 Å². The highest BCUT2D eigenvalue weighted by molar-refractivity contribution is 9.10. The number of rotatable bonds is 3. The monoisotopic (exact) mass is 318 g/mol. The minimum absolute atomic E-state index is 0. The number of nitrogens with two attached hydrogens (primary N) is 1. The lowest BCUT2D eigenvalue weighted by molar-refractivity contribution is 0.180. The molecule has 2 nitrogen and oxygen atoms in total. The van der Waals surface area contributed by atoms with Gasteiger partial charge in [0.15, 0.2) is 0 Å². The van der Waals surface area contributed by atoms with Gasteiger partial charge in [0.05, 0.1) is 0 Å². The molecule has 0 unspecified atom stereocenters. The Bertz CT molecular complexity index is 338. The van der Waals surface area contributed by atoms with E-state index in [0.29, 0.717) is 0 Å². The Labute approximate surface area is 118 Å². The van der Waals surface area contributed by atoms with E-state index in [1.807, 2.05) is 0 Å². The molecule has 1 aromatic carbocycles. The molecular formula is C13H20BrClN2. The van der Waals surface area contributed by atoms with Crippen molar-refractivity contribution in [1.29, 1.82) is 0 Å². The topological polar surface area (TPSA) is 29.3 Å². The van der Waals surface area contributed by atoms with Crippen LogP contribution < -0.4 is 5.73 Å². The number of likely N-dealkylation sites (tertiary alicyclic amines) is 1. The molecule has 96 valence electrons. The second kappa shape index (κ2) is 7.37. The van der Waals surface area contributed by atoms with Crippen LogP contribution in [0.2, 0.25) is 0 Å². The van der Waals surface area contributed by atoms with Crippen LogP contribution in [0.3, 0.4) is 0 Å². The predicted octanol–water partition coefficient (Wildman–Crippen LogP) is 3.04. The van der Waals surface area contributed by atoms with E-state index in [0.717, 1.165) is 19.0 Å². The smallest absolute Gasteiger partial charge is 0.0244 e. The summed E-state index contributed by atoms with van der Waals surface area (Å²) in [6.45, 7) is 4.27. The van der Waals surface area contributed by atoms with E-state index in [1.54, 1.807) is 0 Å². The summed E-state index contributed by atoms with van der Waals surface area (Å²) in [6, 6.07) is 8.47. The lowest BCUT2D eigenvalue weighted by Gasteiger charge is -2.31. The Morgan fingerprint density at radius 2 is 1.88 bits per heavy atom. The molecule has 0 radical (unpaired) electrons. The Hall–Kier alpha value is -0.0900. The normalized spacial score (nSPS) is 17.8. The first-order chi connectivity index (χ1) is 7.79. The fraction of sp³-hybridized carbons (Fsp3) is 0.538. The largest absolute Gasteiger partial charge is 0.330 e. The maximum absolute atomic E-state index is 5.70. The van der Waals surface area contributed by atoms with Gasteiger partial charge in [-0.3, -0.25) is 4.90 Å². The molecule has 0 saturated carbocycles. The number of hydrogen-bond acceptors (Lipinski definition) is 2. The van der Waals surface area contributed by atoms with Crippen molar-refractivity contribution >= 4 is 28.3 Å². The van der Waals surface area contributed by atoms with E-state index in [9.17, 15) is 0 Å². The molecule has 1 fully saturated rings. The van der Waals surface area contributed by atoms with Gasteiger partial charge in [-0.1, -0.05) is 34.1 Å². The number of piperidine rings is 1. The van der Waals surface area contributed by atoms with Crippen molar-refractivity contribution < 1.29 is 0 Å². The van der Waals surface area contributed by atoms with Crippen molar-refractivity contribution in [2.75, 3.05) is 19.6 Å². The van der Waals surface area contributed by atoms with Crippen LogP contribution >= 0.6 is 28.3 Å². The average molecular weight is 320 g/mol. The van der Waals surface area contributed by atoms with E-state index in [1.165, 1.54) is 36.0 Å². The number of hydrogen-bond donors (Lipinski definition) is 1. The first-order valence-corrected chi connectivity index (χ1v) is 6.74. The first-order valence-electron chi connectivity index (χ1n) is 5.95. The minimum Gasteiger partial charge on any atom is -0.330 e. The minimum atomic E-state index is 0. The summed E-state index contributed by atoms with van der Waals surface area (Å²) < 4.78 is 1.22. The van der Waals surface area contributed by atoms with Crippen LogP contribution in [0.15, 0.2) is 28.7 Å². The molecule has 4 heteroatoms. The first kappa shape index (κ1) is 15.0. The third kappa shape index (κ3) is 4.25. The molecule has 0 amide bonds. The maximum Gasteiger partial charge on any atom is 0.0244 e. The molecule has 1 heterocycles. The summed E-state index contributed by atoms with van der Waals surface area (Å²) in [5, 5.41) is 0. The van der Waals surface area contributed by atoms with Gasteiger partial charge >= 0.3 is 0 Å². The zero-order chi connectivity index (χ0) is 11.4. The highest BCUT2D eigenvalue weighted by Gasteiger charge is 2.18. The molecule has 1 aromatic rings. The number of halogens is 2. The Kier molecular flexibility index (Phi) is 6.49. The quantitative estimate of drug-likeness (QED) is 0.928. The van der Waals surface area contributed by atoms with Crippen molar-refractivity contribution in [3.63, 3.8) is 0 Å². The second-order valence-corrected chi connectivity index (χ2v) is 5.40. The SMILES string of the molecule is Cl.NCC1CCN(Cc2ccccc2Br)CC1. The van der Waals surface area contributed by atoms with Crippen LogP contribution in [0.25, 0.3) is 0 Å². The Morgan fingerprint density at radius 1 is 1.24 bits per heavy atom. The highest BCUT2D eigenvalue weighted by Crippen LogP contribution is 2.21. The fourth-order valence-corrected chi connectivity index (χ4v) is 2.66.